The van der Waals surface area contributed by atoms with Gasteiger partial charge in [-0.25, -0.2) is 4.79 Å². The molecule has 0 bridgehead atoms. The highest BCUT2D eigenvalue weighted by Crippen LogP contribution is 2.21. The first-order valence-corrected chi connectivity index (χ1v) is 11.6. The Hall–Kier alpha value is -3.85. The van der Waals surface area contributed by atoms with Crippen molar-refractivity contribution in [1.29, 1.82) is 0 Å². The van der Waals surface area contributed by atoms with Crippen LogP contribution >= 0.6 is 0 Å². The van der Waals surface area contributed by atoms with Crippen LogP contribution in [-0.2, 0) is 33.6 Å². The molecule has 0 spiro atoms. The van der Waals surface area contributed by atoms with Crippen LogP contribution < -0.4 is 20.9 Å². The second-order valence-corrected chi connectivity index (χ2v) is 8.71. The molecule has 0 amide bonds. The maximum atomic E-state index is 13.1. The third-order valence-corrected chi connectivity index (χ3v) is 6.07. The van der Waals surface area contributed by atoms with Crippen LogP contribution in [0.5, 0.6) is 5.75 Å². The molecule has 4 aromatic rings. The van der Waals surface area contributed by atoms with Crippen LogP contribution in [0.2, 0.25) is 0 Å². The number of nitrogens with zero attached hydrogens (tertiary/aromatic N) is 5. The SMILES string of the molecule is CCc1cccc(OC[C@@H](O)Cn2c(N(C)Cc3ccccc3)nc3c2c(=O)n(C)c(=O)n3C)c1. The van der Waals surface area contributed by atoms with E-state index in [1.165, 1.54) is 11.6 Å². The van der Waals surface area contributed by atoms with Crippen molar-refractivity contribution in [3.05, 3.63) is 86.6 Å². The maximum absolute atomic E-state index is 13.1. The molecule has 0 unspecified atom stereocenters. The van der Waals surface area contributed by atoms with Crippen molar-refractivity contribution in [1.82, 2.24) is 18.7 Å². The number of hydrogen-bond donors (Lipinski definition) is 1. The largest absolute Gasteiger partial charge is 0.491 e. The van der Waals surface area contributed by atoms with Gasteiger partial charge in [0.25, 0.3) is 5.56 Å². The summed E-state index contributed by atoms with van der Waals surface area (Å²) in [5.41, 5.74) is 1.83. The van der Waals surface area contributed by atoms with Crippen LogP contribution in [0.25, 0.3) is 11.2 Å². The molecule has 0 saturated heterocycles. The number of hydrogen-bond acceptors (Lipinski definition) is 6. The molecule has 0 fully saturated rings. The highest BCUT2D eigenvalue weighted by atomic mass is 16.5. The summed E-state index contributed by atoms with van der Waals surface area (Å²) < 4.78 is 9.91. The number of benzene rings is 2. The minimum Gasteiger partial charge on any atom is -0.491 e. The predicted molar refractivity (Wildman–Crippen MR) is 136 cm³/mol. The minimum absolute atomic E-state index is 0.0424. The Kier molecular flexibility index (Phi) is 7.07. The van der Waals surface area contributed by atoms with E-state index in [2.05, 4.69) is 11.9 Å². The average Bonchev–Trinajstić information content (AvgIpc) is 3.25. The van der Waals surface area contributed by atoms with Crippen molar-refractivity contribution in [2.75, 3.05) is 18.6 Å². The fraction of sp³-hybridized carbons (Fsp3) is 0.346. The van der Waals surface area contributed by atoms with Crippen LogP contribution in [0.1, 0.15) is 18.1 Å². The molecule has 2 aromatic heterocycles. The molecule has 184 valence electrons. The summed E-state index contributed by atoms with van der Waals surface area (Å²) in [6.07, 6.45) is -0.0246. The van der Waals surface area contributed by atoms with E-state index in [1.54, 1.807) is 11.6 Å². The lowest BCUT2D eigenvalue weighted by atomic mass is 10.2. The Bertz CT molecular complexity index is 1440. The standard InChI is InChI=1S/C26H31N5O4/c1-5-18-12-9-13-21(14-18)35-17-20(32)16-31-22-23(29(3)26(34)30(4)24(22)33)27-25(31)28(2)15-19-10-7-6-8-11-19/h6-14,20,32H,5,15-17H2,1-4H3/t20-/m0/s1. The van der Waals surface area contributed by atoms with Crippen molar-refractivity contribution in [2.24, 2.45) is 14.1 Å². The third kappa shape index (κ3) is 5.00. The molecule has 1 N–H and O–H groups in total. The molecule has 4 rings (SSSR count). The molecule has 9 heteroatoms. The van der Waals surface area contributed by atoms with Gasteiger partial charge in [0, 0.05) is 27.7 Å². The molecule has 0 aliphatic carbocycles. The van der Waals surface area contributed by atoms with Crippen LogP contribution in [0.4, 0.5) is 5.95 Å². The quantitative estimate of drug-likeness (QED) is 0.397. The van der Waals surface area contributed by atoms with Crippen molar-refractivity contribution < 1.29 is 9.84 Å². The highest BCUT2D eigenvalue weighted by molar-refractivity contribution is 5.74. The van der Waals surface area contributed by atoms with Gasteiger partial charge in [0.2, 0.25) is 5.95 Å². The normalized spacial score (nSPS) is 12.1. The van der Waals surface area contributed by atoms with Gasteiger partial charge < -0.3 is 19.3 Å². The van der Waals surface area contributed by atoms with E-state index in [0.717, 1.165) is 22.1 Å². The number of aryl methyl sites for hydroxylation is 2. The Balaban J connectivity index is 1.69. The van der Waals surface area contributed by atoms with Gasteiger partial charge in [-0.1, -0.05) is 49.4 Å². The van der Waals surface area contributed by atoms with Crippen molar-refractivity contribution in [2.45, 2.75) is 32.5 Å². The van der Waals surface area contributed by atoms with Gasteiger partial charge in [-0.3, -0.25) is 13.9 Å². The summed E-state index contributed by atoms with van der Waals surface area (Å²) in [7, 11) is 4.89. The van der Waals surface area contributed by atoms with E-state index in [1.807, 2.05) is 66.5 Å². The zero-order chi connectivity index (χ0) is 25.1. The Morgan fingerprint density at radius 3 is 2.46 bits per heavy atom. The molecule has 1 atom stereocenters. The fourth-order valence-corrected chi connectivity index (χ4v) is 4.14. The first-order chi connectivity index (χ1) is 16.8. The number of anilines is 1. The Morgan fingerprint density at radius 2 is 1.74 bits per heavy atom. The van der Waals surface area contributed by atoms with Gasteiger partial charge in [0.1, 0.15) is 18.5 Å². The van der Waals surface area contributed by atoms with Crippen LogP contribution in [0.3, 0.4) is 0 Å². The second-order valence-electron chi connectivity index (χ2n) is 8.71. The van der Waals surface area contributed by atoms with Crippen LogP contribution in [0, 0.1) is 0 Å². The number of rotatable bonds is 9. The monoisotopic (exact) mass is 477 g/mol. The number of aliphatic hydroxyl groups excluding tert-OH is 1. The van der Waals surface area contributed by atoms with Gasteiger partial charge >= 0.3 is 5.69 Å². The molecule has 0 saturated carbocycles. The van der Waals surface area contributed by atoms with Gasteiger partial charge in [-0.05, 0) is 29.7 Å². The third-order valence-electron chi connectivity index (χ3n) is 6.07. The first-order valence-electron chi connectivity index (χ1n) is 11.6. The van der Waals surface area contributed by atoms with E-state index in [0.29, 0.717) is 18.2 Å². The van der Waals surface area contributed by atoms with Crippen molar-refractivity contribution in [3.63, 3.8) is 0 Å². The number of ether oxygens (including phenoxy) is 1. The number of imidazole rings is 1. The first kappa shape index (κ1) is 24.3. The average molecular weight is 478 g/mol. The van der Waals surface area contributed by atoms with E-state index in [4.69, 9.17) is 4.74 Å². The van der Waals surface area contributed by atoms with Crippen LogP contribution in [0.15, 0.2) is 64.2 Å². The fourth-order valence-electron chi connectivity index (χ4n) is 4.14. The smallest absolute Gasteiger partial charge is 0.332 e. The number of aromatic nitrogens is 4. The van der Waals surface area contributed by atoms with Gasteiger partial charge in [0.15, 0.2) is 11.2 Å². The lowest BCUT2D eigenvalue weighted by Crippen LogP contribution is -2.38. The molecule has 2 heterocycles. The Labute approximate surface area is 203 Å². The molecule has 0 aliphatic rings. The summed E-state index contributed by atoms with van der Waals surface area (Å²) in [6.45, 7) is 2.72. The lowest BCUT2D eigenvalue weighted by molar-refractivity contribution is 0.0936. The zero-order valence-electron chi connectivity index (χ0n) is 20.5. The zero-order valence-corrected chi connectivity index (χ0v) is 20.5. The van der Waals surface area contributed by atoms with Gasteiger partial charge in [-0.2, -0.15) is 4.98 Å². The molecule has 2 aromatic carbocycles. The number of fused-ring (bicyclic) bond motifs is 1. The van der Waals surface area contributed by atoms with Crippen molar-refractivity contribution in [3.8, 4) is 5.75 Å². The predicted octanol–water partition coefficient (Wildman–Crippen LogP) is 2.07. The topological polar surface area (TPSA) is 94.5 Å². The summed E-state index contributed by atoms with van der Waals surface area (Å²) >= 11 is 0. The molecular formula is C26H31N5O4. The molecule has 35 heavy (non-hydrogen) atoms. The molecule has 0 aliphatic heterocycles. The van der Waals surface area contributed by atoms with Gasteiger partial charge in [0.05, 0.1) is 6.54 Å². The summed E-state index contributed by atoms with van der Waals surface area (Å²) in [5.74, 6) is 1.16. The highest BCUT2D eigenvalue weighted by Gasteiger charge is 2.23. The second kappa shape index (κ2) is 10.2. The van der Waals surface area contributed by atoms with Crippen LogP contribution in [-0.4, -0.2) is 43.6 Å². The maximum Gasteiger partial charge on any atom is 0.332 e. The van der Waals surface area contributed by atoms with E-state index in [-0.39, 0.29) is 24.3 Å². The van der Waals surface area contributed by atoms with E-state index in [9.17, 15) is 14.7 Å². The molecular weight excluding hydrogens is 446 g/mol. The van der Waals surface area contributed by atoms with E-state index < -0.39 is 17.4 Å². The summed E-state index contributed by atoms with van der Waals surface area (Å²) in [4.78, 5) is 32.2. The lowest BCUT2D eigenvalue weighted by Gasteiger charge is -2.21. The number of aliphatic hydroxyl groups is 1. The Morgan fingerprint density at radius 1 is 1.03 bits per heavy atom. The van der Waals surface area contributed by atoms with Gasteiger partial charge in [-0.15, -0.1) is 0 Å². The van der Waals surface area contributed by atoms with E-state index >= 15 is 0 Å². The summed E-state index contributed by atoms with van der Waals surface area (Å²) in [5, 5.41) is 10.9. The molecule has 9 nitrogen and oxygen atoms in total. The van der Waals surface area contributed by atoms with Crippen molar-refractivity contribution >= 4 is 17.1 Å². The minimum atomic E-state index is -0.913. The molecule has 0 radical (unpaired) electrons. The summed E-state index contributed by atoms with van der Waals surface area (Å²) in [6, 6.07) is 17.6.